The molecule has 0 aromatic heterocycles. The number of hydrogen-bond donors (Lipinski definition) is 2. The molecule has 14 heteroatoms. The highest BCUT2D eigenvalue weighted by Gasteiger charge is 2.39. The minimum atomic E-state index is -3.50. The van der Waals surface area contributed by atoms with Gasteiger partial charge in [0.2, 0.25) is 21.8 Å². The van der Waals surface area contributed by atoms with Crippen molar-refractivity contribution in [3.05, 3.63) is 93.5 Å². The fourth-order valence-electron chi connectivity index (χ4n) is 6.06. The fraction of sp³-hybridized carbons (Fsp3) is 0.400. The molecule has 49 heavy (non-hydrogen) atoms. The van der Waals surface area contributed by atoms with E-state index < -0.39 is 39.7 Å². The molecule has 0 bridgehead atoms. The average Bonchev–Trinajstić information content (AvgIpc) is 3.04. The highest BCUT2D eigenvalue weighted by atomic mass is 35.5. The van der Waals surface area contributed by atoms with E-state index in [1.165, 1.54) is 4.90 Å². The normalized spacial score (nSPS) is 17.2. The van der Waals surface area contributed by atoms with Gasteiger partial charge in [0, 0.05) is 39.0 Å². The van der Waals surface area contributed by atoms with Crippen molar-refractivity contribution in [1.29, 1.82) is 0 Å². The molecule has 2 aliphatic rings. The molecule has 3 aromatic rings. The quantitative estimate of drug-likeness (QED) is 0.330. The number of piperazine rings is 1. The lowest BCUT2D eigenvalue weighted by Crippen LogP contribution is -2.59. The topological polar surface area (TPSA) is 128 Å². The van der Waals surface area contributed by atoms with Crippen LogP contribution in [-0.4, -0.2) is 86.2 Å². The summed E-state index contributed by atoms with van der Waals surface area (Å²) < 4.78 is 32.2. The monoisotopic (exact) mass is 729 g/mol. The van der Waals surface area contributed by atoms with Gasteiger partial charge in [0.05, 0.1) is 34.2 Å². The van der Waals surface area contributed by atoms with E-state index in [0.29, 0.717) is 53.2 Å². The first kappa shape index (κ1) is 36.3. The van der Waals surface area contributed by atoms with Crippen molar-refractivity contribution in [3.8, 4) is 0 Å². The number of hydrogen-bond acceptors (Lipinski definition) is 7. The van der Waals surface area contributed by atoms with Gasteiger partial charge in [-0.05, 0) is 61.7 Å². The second-order valence-electron chi connectivity index (χ2n) is 13.3. The van der Waals surface area contributed by atoms with Crippen LogP contribution < -0.4 is 14.9 Å². The molecule has 262 valence electrons. The summed E-state index contributed by atoms with van der Waals surface area (Å²) in [4.78, 5) is 46.9. The number of sulfonamides is 1. The molecule has 0 saturated carbocycles. The lowest BCUT2D eigenvalue weighted by atomic mass is 9.93. The molecule has 2 atom stereocenters. The molecular weight excluding hydrogens is 689 g/mol. The molecule has 2 aliphatic heterocycles. The molecule has 11 nitrogen and oxygen atoms in total. The number of fused-ring (bicyclic) bond motifs is 1. The molecule has 2 N–H and O–H groups in total. The highest BCUT2D eigenvalue weighted by Crippen LogP contribution is 2.29. The molecular formula is C35H41Cl2N5O6S. The number of ether oxygens (including phenoxy) is 1. The van der Waals surface area contributed by atoms with Crippen molar-refractivity contribution in [2.24, 2.45) is 0 Å². The van der Waals surface area contributed by atoms with Gasteiger partial charge in [-0.25, -0.2) is 13.2 Å². The predicted octanol–water partition coefficient (Wildman–Crippen LogP) is 5.10. The number of para-hydroxylation sites is 2. The average molecular weight is 731 g/mol. The maximum Gasteiger partial charge on any atom is 0.411 e. The summed E-state index contributed by atoms with van der Waals surface area (Å²) in [5, 5.41) is 3.67. The van der Waals surface area contributed by atoms with E-state index in [1.807, 2.05) is 41.3 Å². The van der Waals surface area contributed by atoms with Crippen LogP contribution in [0, 0.1) is 0 Å². The van der Waals surface area contributed by atoms with Crippen LogP contribution in [0.25, 0.3) is 0 Å². The summed E-state index contributed by atoms with van der Waals surface area (Å²) in [6, 6.07) is 17.9. The first-order chi connectivity index (χ1) is 23.1. The summed E-state index contributed by atoms with van der Waals surface area (Å²) in [5.74, 6) is -0.764. The van der Waals surface area contributed by atoms with Crippen molar-refractivity contribution >= 4 is 62.5 Å². The Morgan fingerprint density at radius 2 is 1.57 bits per heavy atom. The van der Waals surface area contributed by atoms with Crippen molar-refractivity contribution < 1.29 is 27.5 Å². The van der Waals surface area contributed by atoms with E-state index in [4.69, 9.17) is 27.9 Å². The standard InChI is InChI=1S/C35H41Cl2N5O6S/c1-35(2,3)48-34(45)42-22-25-10-6-5-9-24(25)21-31(42)32(43)38-29(20-23-13-14-26(36)27(37)19-23)33(44)41-17-15-40(16-18-41)30-12-8-7-11-28(30)39-49(4,46)47/h5-14,19,29,31,39H,15-18,20-22H2,1-4H3,(H,38,43). The van der Waals surface area contributed by atoms with Gasteiger partial charge in [-0.2, -0.15) is 0 Å². The first-order valence-electron chi connectivity index (χ1n) is 16.0. The van der Waals surface area contributed by atoms with Crippen LogP contribution in [0.5, 0.6) is 0 Å². The van der Waals surface area contributed by atoms with E-state index in [0.717, 1.165) is 17.4 Å². The maximum atomic E-state index is 14.2. The van der Waals surface area contributed by atoms with Crippen molar-refractivity contribution in [1.82, 2.24) is 15.1 Å². The van der Waals surface area contributed by atoms with Gasteiger partial charge in [-0.1, -0.05) is 65.7 Å². The number of nitrogens with zero attached hydrogens (tertiary/aromatic N) is 3. The van der Waals surface area contributed by atoms with Crippen LogP contribution in [0.15, 0.2) is 66.7 Å². The highest BCUT2D eigenvalue weighted by molar-refractivity contribution is 7.92. The van der Waals surface area contributed by atoms with Crippen molar-refractivity contribution in [2.75, 3.05) is 42.1 Å². The van der Waals surface area contributed by atoms with Crippen molar-refractivity contribution in [2.45, 2.75) is 57.8 Å². The summed E-state index contributed by atoms with van der Waals surface area (Å²) in [5.41, 5.74) is 2.96. The zero-order valence-electron chi connectivity index (χ0n) is 27.9. The van der Waals surface area contributed by atoms with E-state index in [2.05, 4.69) is 10.0 Å². The minimum absolute atomic E-state index is 0.137. The van der Waals surface area contributed by atoms with Crippen LogP contribution >= 0.6 is 23.2 Å². The summed E-state index contributed by atoms with van der Waals surface area (Å²) >= 11 is 12.5. The Balaban J connectivity index is 1.37. The van der Waals surface area contributed by atoms with Gasteiger partial charge in [-0.15, -0.1) is 0 Å². The van der Waals surface area contributed by atoms with Gasteiger partial charge in [0.15, 0.2) is 0 Å². The van der Waals surface area contributed by atoms with Crippen LogP contribution in [-0.2, 0) is 43.7 Å². The molecule has 0 aliphatic carbocycles. The number of rotatable bonds is 8. The van der Waals surface area contributed by atoms with Gasteiger partial charge < -0.3 is 19.9 Å². The van der Waals surface area contributed by atoms with E-state index in [-0.39, 0.29) is 25.3 Å². The van der Waals surface area contributed by atoms with Crippen LogP contribution in [0.3, 0.4) is 0 Å². The number of benzene rings is 3. The van der Waals surface area contributed by atoms with Gasteiger partial charge in [0.25, 0.3) is 0 Å². The zero-order chi connectivity index (χ0) is 35.5. The molecule has 3 aromatic carbocycles. The lowest BCUT2D eigenvalue weighted by molar-refractivity contribution is -0.138. The van der Waals surface area contributed by atoms with Crippen molar-refractivity contribution in [3.63, 3.8) is 0 Å². The van der Waals surface area contributed by atoms with Crippen LogP contribution in [0.1, 0.15) is 37.5 Å². The lowest BCUT2D eigenvalue weighted by Gasteiger charge is -2.39. The summed E-state index contributed by atoms with van der Waals surface area (Å²) in [7, 11) is -3.50. The van der Waals surface area contributed by atoms with Crippen LogP contribution in [0.4, 0.5) is 16.2 Å². The number of carbonyl (C=O) groups excluding carboxylic acids is 3. The second-order valence-corrected chi connectivity index (χ2v) is 15.9. The molecule has 1 fully saturated rings. The Labute approximate surface area is 297 Å². The maximum absolute atomic E-state index is 14.2. The molecule has 5 rings (SSSR count). The predicted molar refractivity (Wildman–Crippen MR) is 192 cm³/mol. The Hall–Kier alpha value is -4.00. The molecule has 3 amide bonds. The number of amides is 3. The Kier molecular flexibility index (Phi) is 11.0. The molecule has 0 radical (unpaired) electrons. The number of carbonyl (C=O) groups is 3. The number of halogens is 2. The van der Waals surface area contributed by atoms with Gasteiger partial charge in [0.1, 0.15) is 17.7 Å². The Morgan fingerprint density at radius 3 is 2.22 bits per heavy atom. The minimum Gasteiger partial charge on any atom is -0.444 e. The van der Waals surface area contributed by atoms with Gasteiger partial charge in [-0.3, -0.25) is 19.2 Å². The van der Waals surface area contributed by atoms with Crippen LogP contribution in [0.2, 0.25) is 10.0 Å². The fourth-order valence-corrected chi connectivity index (χ4v) is 6.96. The van der Waals surface area contributed by atoms with E-state index in [1.54, 1.807) is 56.0 Å². The molecule has 2 heterocycles. The SMILES string of the molecule is CC(C)(C)OC(=O)N1Cc2ccccc2CC1C(=O)NC(Cc1ccc(Cl)c(Cl)c1)C(=O)N1CCN(c2ccccc2NS(C)(=O)=O)CC1. The summed E-state index contributed by atoms with van der Waals surface area (Å²) in [6.07, 6.45) is 0.880. The zero-order valence-corrected chi connectivity index (χ0v) is 30.2. The number of nitrogens with one attached hydrogen (secondary N) is 2. The Bertz CT molecular complexity index is 1820. The molecule has 2 unspecified atom stereocenters. The first-order valence-corrected chi connectivity index (χ1v) is 18.6. The third-order valence-corrected chi connectivity index (χ3v) is 9.68. The second kappa shape index (κ2) is 14.9. The molecule has 0 spiro atoms. The number of anilines is 2. The van der Waals surface area contributed by atoms with E-state index in [9.17, 15) is 22.8 Å². The smallest absolute Gasteiger partial charge is 0.411 e. The van der Waals surface area contributed by atoms with E-state index >= 15 is 0 Å². The molecule has 1 saturated heterocycles. The third kappa shape index (κ3) is 9.37. The Morgan fingerprint density at radius 1 is 0.918 bits per heavy atom. The largest absolute Gasteiger partial charge is 0.444 e. The third-order valence-electron chi connectivity index (χ3n) is 8.35. The van der Waals surface area contributed by atoms with Gasteiger partial charge >= 0.3 is 6.09 Å². The summed E-state index contributed by atoms with van der Waals surface area (Å²) in [6.45, 7) is 7.04.